The Morgan fingerprint density at radius 2 is 1.85 bits per heavy atom. The fourth-order valence-electron chi connectivity index (χ4n) is 2.40. The van der Waals surface area contributed by atoms with E-state index in [9.17, 15) is 0 Å². The zero-order chi connectivity index (χ0) is 14.5. The van der Waals surface area contributed by atoms with Crippen molar-refractivity contribution >= 4 is 0 Å². The van der Waals surface area contributed by atoms with Gasteiger partial charge in [-0.05, 0) is 61.7 Å². The second kappa shape index (κ2) is 6.58. The highest BCUT2D eigenvalue weighted by atomic mass is 16.5. The molecule has 0 aromatic heterocycles. The van der Waals surface area contributed by atoms with Gasteiger partial charge in [0.25, 0.3) is 0 Å². The summed E-state index contributed by atoms with van der Waals surface area (Å²) in [6.07, 6.45) is 0.955. The number of hydrogen-bond acceptors (Lipinski definition) is 2. The van der Waals surface area contributed by atoms with Gasteiger partial charge in [0.2, 0.25) is 0 Å². The van der Waals surface area contributed by atoms with Crippen molar-refractivity contribution in [1.29, 1.82) is 0 Å². The Kier molecular flexibility index (Phi) is 4.80. The van der Waals surface area contributed by atoms with Crippen LogP contribution in [0.2, 0.25) is 0 Å². The molecule has 0 bridgehead atoms. The highest BCUT2D eigenvalue weighted by Crippen LogP contribution is 2.22. The van der Waals surface area contributed by atoms with E-state index in [4.69, 9.17) is 4.74 Å². The van der Waals surface area contributed by atoms with E-state index in [1.165, 1.54) is 22.3 Å². The van der Waals surface area contributed by atoms with E-state index in [-0.39, 0.29) is 0 Å². The molecule has 2 nitrogen and oxygen atoms in total. The van der Waals surface area contributed by atoms with Gasteiger partial charge in [0.05, 0.1) is 7.11 Å². The van der Waals surface area contributed by atoms with Crippen LogP contribution >= 0.6 is 0 Å². The van der Waals surface area contributed by atoms with Crippen molar-refractivity contribution in [3.8, 4) is 5.75 Å². The average Bonchev–Trinajstić information content (AvgIpc) is 2.48. The normalized spacial score (nSPS) is 12.2. The van der Waals surface area contributed by atoms with E-state index in [1.54, 1.807) is 7.11 Å². The fourth-order valence-corrected chi connectivity index (χ4v) is 2.40. The van der Waals surface area contributed by atoms with Crippen molar-refractivity contribution in [3.05, 3.63) is 64.7 Å². The Bertz CT molecular complexity index is 577. The molecular formula is C18H23NO. The fraction of sp³-hybridized carbons (Fsp3) is 0.333. The summed E-state index contributed by atoms with van der Waals surface area (Å²) in [5.74, 6) is 0.914. The number of rotatable bonds is 5. The monoisotopic (exact) mass is 269 g/mol. The molecule has 0 radical (unpaired) electrons. The zero-order valence-electron chi connectivity index (χ0n) is 12.7. The number of ether oxygens (including phenoxy) is 1. The maximum absolute atomic E-state index is 5.29. The number of aryl methyl sites for hydroxylation is 2. The quantitative estimate of drug-likeness (QED) is 0.891. The van der Waals surface area contributed by atoms with Gasteiger partial charge in [-0.25, -0.2) is 0 Å². The highest BCUT2D eigenvalue weighted by molar-refractivity contribution is 5.34. The van der Waals surface area contributed by atoms with E-state index >= 15 is 0 Å². The smallest absolute Gasteiger partial charge is 0.119 e. The lowest BCUT2D eigenvalue weighted by Gasteiger charge is -2.18. The molecule has 1 unspecified atom stereocenters. The van der Waals surface area contributed by atoms with E-state index in [0.29, 0.717) is 6.04 Å². The van der Waals surface area contributed by atoms with Crippen LogP contribution in [0.4, 0.5) is 0 Å². The molecule has 0 saturated carbocycles. The van der Waals surface area contributed by atoms with Gasteiger partial charge >= 0.3 is 0 Å². The van der Waals surface area contributed by atoms with Crippen LogP contribution in [-0.4, -0.2) is 14.2 Å². The first-order valence-corrected chi connectivity index (χ1v) is 7.01. The van der Waals surface area contributed by atoms with Crippen LogP contribution in [0, 0.1) is 13.8 Å². The van der Waals surface area contributed by atoms with Crippen LogP contribution in [0.1, 0.15) is 28.3 Å². The lowest BCUT2D eigenvalue weighted by atomic mass is 9.96. The second-order valence-corrected chi connectivity index (χ2v) is 5.24. The topological polar surface area (TPSA) is 21.3 Å². The molecule has 0 fully saturated rings. The van der Waals surface area contributed by atoms with E-state index in [2.05, 4.69) is 49.5 Å². The Balaban J connectivity index is 2.21. The standard InChI is InChI=1S/C18H23NO/c1-13-8-9-16(10-14(13)2)18(19-3)12-15-6-5-7-17(11-15)20-4/h5-11,18-19H,12H2,1-4H3. The molecule has 2 rings (SSSR count). The van der Waals surface area contributed by atoms with E-state index < -0.39 is 0 Å². The van der Waals surface area contributed by atoms with Crippen molar-refractivity contribution < 1.29 is 4.74 Å². The Labute approximate surface area is 121 Å². The molecule has 1 atom stereocenters. The van der Waals surface area contributed by atoms with Crippen molar-refractivity contribution in [2.75, 3.05) is 14.2 Å². The van der Waals surface area contributed by atoms with Crippen LogP contribution in [-0.2, 0) is 6.42 Å². The van der Waals surface area contributed by atoms with Gasteiger partial charge in [-0.1, -0.05) is 30.3 Å². The molecule has 0 heterocycles. The molecule has 0 spiro atoms. The number of likely N-dealkylation sites (N-methyl/N-ethyl adjacent to an activating group) is 1. The first-order valence-electron chi connectivity index (χ1n) is 7.01. The SMILES string of the molecule is CNC(Cc1cccc(OC)c1)c1ccc(C)c(C)c1. The highest BCUT2D eigenvalue weighted by Gasteiger charge is 2.11. The van der Waals surface area contributed by atoms with Crippen LogP contribution in [0.5, 0.6) is 5.75 Å². The first kappa shape index (κ1) is 14.6. The van der Waals surface area contributed by atoms with Crippen LogP contribution in [0.3, 0.4) is 0 Å². The minimum atomic E-state index is 0.321. The molecule has 0 amide bonds. The third-order valence-electron chi connectivity index (χ3n) is 3.86. The summed E-state index contributed by atoms with van der Waals surface area (Å²) in [5, 5.41) is 3.41. The summed E-state index contributed by atoms with van der Waals surface area (Å²) in [4.78, 5) is 0. The Hall–Kier alpha value is -1.80. The van der Waals surface area contributed by atoms with Crippen LogP contribution in [0.15, 0.2) is 42.5 Å². The maximum atomic E-state index is 5.29. The predicted molar refractivity (Wildman–Crippen MR) is 84.4 cm³/mol. The third-order valence-corrected chi connectivity index (χ3v) is 3.86. The van der Waals surface area contributed by atoms with Gasteiger partial charge in [-0.15, -0.1) is 0 Å². The molecular weight excluding hydrogens is 246 g/mol. The minimum absolute atomic E-state index is 0.321. The summed E-state index contributed by atoms with van der Waals surface area (Å²) in [6.45, 7) is 4.31. The summed E-state index contributed by atoms with van der Waals surface area (Å²) < 4.78 is 5.29. The van der Waals surface area contributed by atoms with E-state index in [0.717, 1.165) is 12.2 Å². The van der Waals surface area contributed by atoms with E-state index in [1.807, 2.05) is 19.2 Å². The molecule has 2 aromatic carbocycles. The summed E-state index contributed by atoms with van der Waals surface area (Å²) >= 11 is 0. The van der Waals surface area contributed by atoms with Gasteiger partial charge in [0.1, 0.15) is 5.75 Å². The van der Waals surface area contributed by atoms with Gasteiger partial charge < -0.3 is 10.1 Å². The van der Waals surface area contributed by atoms with Crippen molar-refractivity contribution in [1.82, 2.24) is 5.32 Å². The van der Waals surface area contributed by atoms with Gasteiger partial charge in [-0.2, -0.15) is 0 Å². The van der Waals surface area contributed by atoms with Crippen molar-refractivity contribution in [3.63, 3.8) is 0 Å². The number of methoxy groups -OCH3 is 1. The second-order valence-electron chi connectivity index (χ2n) is 5.24. The molecule has 0 saturated heterocycles. The summed E-state index contributed by atoms with van der Waals surface area (Å²) in [7, 11) is 3.72. The lowest BCUT2D eigenvalue weighted by Crippen LogP contribution is -2.19. The summed E-state index contributed by atoms with van der Waals surface area (Å²) in [6, 6.07) is 15.3. The molecule has 0 aliphatic rings. The number of hydrogen-bond donors (Lipinski definition) is 1. The van der Waals surface area contributed by atoms with Crippen LogP contribution < -0.4 is 10.1 Å². The van der Waals surface area contributed by atoms with Gasteiger partial charge in [-0.3, -0.25) is 0 Å². The summed E-state index contributed by atoms with van der Waals surface area (Å²) in [5.41, 5.74) is 5.29. The molecule has 20 heavy (non-hydrogen) atoms. The maximum Gasteiger partial charge on any atom is 0.119 e. The third kappa shape index (κ3) is 3.40. The molecule has 0 aliphatic heterocycles. The molecule has 2 heteroatoms. The first-order chi connectivity index (χ1) is 9.63. The molecule has 106 valence electrons. The van der Waals surface area contributed by atoms with Gasteiger partial charge in [0, 0.05) is 6.04 Å². The average molecular weight is 269 g/mol. The minimum Gasteiger partial charge on any atom is -0.497 e. The molecule has 2 aromatic rings. The molecule has 1 N–H and O–H groups in total. The van der Waals surface area contributed by atoms with Gasteiger partial charge in [0.15, 0.2) is 0 Å². The lowest BCUT2D eigenvalue weighted by molar-refractivity contribution is 0.414. The van der Waals surface area contributed by atoms with Crippen molar-refractivity contribution in [2.24, 2.45) is 0 Å². The Morgan fingerprint density at radius 3 is 2.50 bits per heavy atom. The predicted octanol–water partition coefficient (Wildman–Crippen LogP) is 3.82. The van der Waals surface area contributed by atoms with Crippen molar-refractivity contribution in [2.45, 2.75) is 26.3 Å². The molecule has 0 aliphatic carbocycles. The number of benzene rings is 2. The zero-order valence-corrected chi connectivity index (χ0v) is 12.7. The largest absolute Gasteiger partial charge is 0.497 e. The Morgan fingerprint density at radius 1 is 1.05 bits per heavy atom. The van der Waals surface area contributed by atoms with Crippen LogP contribution in [0.25, 0.3) is 0 Å². The number of nitrogens with one attached hydrogen (secondary N) is 1.